The Morgan fingerprint density at radius 1 is 0.864 bits per heavy atom. The van der Waals surface area contributed by atoms with Crippen molar-refractivity contribution in [3.05, 3.63) is 71.8 Å². The predicted molar refractivity (Wildman–Crippen MR) is 158 cm³/mol. The van der Waals surface area contributed by atoms with Gasteiger partial charge in [0.2, 0.25) is 0 Å². The van der Waals surface area contributed by atoms with Gasteiger partial charge in [0.25, 0.3) is 5.91 Å². The molecule has 11 nitrogen and oxygen atoms in total. The molecule has 236 valence electrons. The van der Waals surface area contributed by atoms with Gasteiger partial charge >= 0.3 is 12.1 Å². The number of para-hydroxylation sites is 2. The Labute approximate surface area is 252 Å². The minimum absolute atomic E-state index is 0.0752. The van der Waals surface area contributed by atoms with Crippen molar-refractivity contribution >= 4 is 29.1 Å². The number of amidine groups is 1. The number of esters is 1. The van der Waals surface area contributed by atoms with Crippen LogP contribution in [0.15, 0.2) is 60.7 Å². The first-order valence-electron chi connectivity index (χ1n) is 13.4. The number of halogens is 3. The molecule has 3 aromatic carbocycles. The van der Waals surface area contributed by atoms with Crippen molar-refractivity contribution in [3.63, 3.8) is 0 Å². The van der Waals surface area contributed by atoms with Crippen LogP contribution >= 0.6 is 0 Å². The Bertz CT molecular complexity index is 1500. The number of nitrogens with two attached hydrogens (primary N) is 1. The zero-order valence-corrected chi connectivity index (χ0v) is 24.7. The zero-order chi connectivity index (χ0) is 32.6. The lowest BCUT2D eigenvalue weighted by Gasteiger charge is -2.24. The summed E-state index contributed by atoms with van der Waals surface area (Å²) in [6.45, 7) is 7.35. The monoisotopic (exact) mass is 617 g/mol. The second-order valence-electron chi connectivity index (χ2n) is 9.94. The molecule has 0 heterocycles. The number of nitrogen functional groups attached to an aromatic ring is 1. The van der Waals surface area contributed by atoms with E-state index in [1.165, 1.54) is 19.2 Å². The molecule has 3 aromatic rings. The highest BCUT2D eigenvalue weighted by Crippen LogP contribution is 2.35. The molecule has 1 atom stereocenters. The van der Waals surface area contributed by atoms with Gasteiger partial charge in [0.15, 0.2) is 11.5 Å². The summed E-state index contributed by atoms with van der Waals surface area (Å²) in [6.07, 6.45) is -5.70. The summed E-state index contributed by atoms with van der Waals surface area (Å²) >= 11 is 0. The summed E-state index contributed by atoms with van der Waals surface area (Å²) in [5.41, 5.74) is 11.6. The van der Waals surface area contributed by atoms with Gasteiger partial charge in [0, 0.05) is 11.8 Å². The van der Waals surface area contributed by atoms with E-state index in [-0.39, 0.29) is 23.5 Å². The summed E-state index contributed by atoms with van der Waals surface area (Å²) in [4.78, 5) is 25.2. The van der Waals surface area contributed by atoms with Gasteiger partial charge in [-0.3, -0.25) is 21.1 Å². The summed E-state index contributed by atoms with van der Waals surface area (Å²) < 4.78 is 60.5. The standard InChI is InChI=1S/C30H34F3N5O6/c1-16(2)42-23-13-10-18(14-25(23)43-17(3)4)26(28(39)38-37-21-8-6-7-9-22(21)41-5)36-19-11-12-20(27(34)35)24(15-19)44-29(40)30(31,32)33/h6-17,26,36-37H,1-5H3,(H3,34,35)(H,38,39). The van der Waals surface area contributed by atoms with E-state index in [9.17, 15) is 22.8 Å². The second-order valence-corrected chi connectivity index (χ2v) is 9.94. The fourth-order valence-corrected chi connectivity index (χ4v) is 3.89. The van der Waals surface area contributed by atoms with E-state index in [2.05, 4.69) is 20.9 Å². The number of methoxy groups -OCH3 is 1. The number of hydrogen-bond acceptors (Lipinski definition) is 9. The number of amides is 1. The average molecular weight is 618 g/mol. The fourth-order valence-electron chi connectivity index (χ4n) is 3.89. The Hall–Kier alpha value is -5.14. The third kappa shape index (κ3) is 8.93. The average Bonchev–Trinajstić information content (AvgIpc) is 2.94. The molecular weight excluding hydrogens is 583 g/mol. The molecule has 0 radical (unpaired) electrons. The molecule has 0 aliphatic rings. The first-order chi connectivity index (χ1) is 20.7. The number of carbonyl (C=O) groups excluding carboxylic acids is 2. The highest BCUT2D eigenvalue weighted by atomic mass is 19.4. The summed E-state index contributed by atoms with van der Waals surface area (Å²) in [5.74, 6) is -3.12. The predicted octanol–water partition coefficient (Wildman–Crippen LogP) is 5.32. The number of alkyl halides is 3. The number of rotatable bonds is 13. The van der Waals surface area contributed by atoms with Crippen molar-refractivity contribution in [2.45, 2.75) is 52.1 Å². The number of nitrogens with one attached hydrogen (secondary N) is 4. The maximum absolute atomic E-state index is 13.6. The molecule has 14 heteroatoms. The number of benzene rings is 3. The third-order valence-electron chi connectivity index (χ3n) is 5.73. The molecule has 0 aromatic heterocycles. The first kappa shape index (κ1) is 33.4. The molecule has 0 saturated heterocycles. The molecule has 6 N–H and O–H groups in total. The fraction of sp³-hybridized carbons (Fsp3) is 0.300. The van der Waals surface area contributed by atoms with E-state index in [4.69, 9.17) is 25.4 Å². The van der Waals surface area contributed by atoms with Crippen molar-refractivity contribution in [2.75, 3.05) is 17.9 Å². The van der Waals surface area contributed by atoms with Crippen LogP contribution in [0, 0.1) is 5.41 Å². The van der Waals surface area contributed by atoms with Crippen molar-refractivity contribution in [1.29, 1.82) is 5.41 Å². The lowest BCUT2D eigenvalue weighted by atomic mass is 10.0. The van der Waals surface area contributed by atoms with Gasteiger partial charge in [-0.1, -0.05) is 18.2 Å². The van der Waals surface area contributed by atoms with Crippen molar-refractivity contribution in [3.8, 4) is 23.0 Å². The molecule has 0 aliphatic carbocycles. The maximum Gasteiger partial charge on any atom is 0.491 e. The Morgan fingerprint density at radius 3 is 2.14 bits per heavy atom. The van der Waals surface area contributed by atoms with E-state index in [0.717, 1.165) is 6.07 Å². The number of anilines is 2. The van der Waals surface area contributed by atoms with E-state index < -0.39 is 35.7 Å². The van der Waals surface area contributed by atoms with Crippen LogP contribution in [0.1, 0.15) is 44.9 Å². The molecule has 0 saturated carbocycles. The van der Waals surface area contributed by atoms with Crippen LogP contribution in [-0.2, 0) is 9.59 Å². The summed E-state index contributed by atoms with van der Waals surface area (Å²) in [6, 6.07) is 14.1. The number of hydrazine groups is 1. The van der Waals surface area contributed by atoms with E-state index >= 15 is 0 Å². The Morgan fingerprint density at radius 2 is 1.52 bits per heavy atom. The van der Waals surface area contributed by atoms with Crippen LogP contribution in [0.4, 0.5) is 24.5 Å². The molecule has 0 spiro atoms. The minimum atomic E-state index is -5.29. The molecular formula is C30H34F3N5O6. The van der Waals surface area contributed by atoms with Gasteiger partial charge in [0.05, 0.1) is 30.6 Å². The van der Waals surface area contributed by atoms with E-state index in [1.807, 2.05) is 27.7 Å². The number of ether oxygens (including phenoxy) is 4. The largest absolute Gasteiger partial charge is 0.495 e. The Kier molecular flexibility index (Phi) is 10.9. The van der Waals surface area contributed by atoms with Crippen LogP contribution < -0.4 is 40.8 Å². The minimum Gasteiger partial charge on any atom is -0.495 e. The van der Waals surface area contributed by atoms with Crippen molar-refractivity contribution in [2.24, 2.45) is 5.73 Å². The van der Waals surface area contributed by atoms with Gasteiger partial charge in [0.1, 0.15) is 23.4 Å². The van der Waals surface area contributed by atoms with Crippen LogP contribution in [0.3, 0.4) is 0 Å². The van der Waals surface area contributed by atoms with Gasteiger partial charge in [-0.2, -0.15) is 13.2 Å². The van der Waals surface area contributed by atoms with Crippen LogP contribution in [0.2, 0.25) is 0 Å². The molecule has 0 bridgehead atoms. The van der Waals surface area contributed by atoms with Gasteiger partial charge in [-0.25, -0.2) is 4.79 Å². The zero-order valence-electron chi connectivity index (χ0n) is 24.7. The SMILES string of the molecule is COc1ccccc1NNC(=O)C(Nc1ccc(C(=N)N)c(OC(=O)C(F)(F)F)c1)c1ccc(OC(C)C)c(OC(C)C)c1. The van der Waals surface area contributed by atoms with Gasteiger partial charge < -0.3 is 30.0 Å². The molecule has 0 fully saturated rings. The maximum atomic E-state index is 13.6. The highest BCUT2D eigenvalue weighted by Gasteiger charge is 2.42. The van der Waals surface area contributed by atoms with Gasteiger partial charge in [-0.15, -0.1) is 0 Å². The first-order valence-corrected chi connectivity index (χ1v) is 13.4. The third-order valence-corrected chi connectivity index (χ3v) is 5.73. The highest BCUT2D eigenvalue weighted by molar-refractivity contribution is 5.99. The lowest BCUT2D eigenvalue weighted by Crippen LogP contribution is -2.37. The molecule has 3 rings (SSSR count). The molecule has 1 amide bonds. The van der Waals surface area contributed by atoms with Crippen LogP contribution in [0.5, 0.6) is 23.0 Å². The molecule has 1 unspecified atom stereocenters. The second kappa shape index (κ2) is 14.4. The quantitative estimate of drug-likeness (QED) is 0.0563. The van der Waals surface area contributed by atoms with E-state index in [1.54, 1.807) is 42.5 Å². The van der Waals surface area contributed by atoms with Crippen molar-refractivity contribution in [1.82, 2.24) is 5.43 Å². The van der Waals surface area contributed by atoms with Crippen LogP contribution in [-0.4, -0.2) is 43.2 Å². The lowest BCUT2D eigenvalue weighted by molar-refractivity contribution is -0.189. The van der Waals surface area contributed by atoms with Crippen molar-refractivity contribution < 1.29 is 41.7 Å². The van der Waals surface area contributed by atoms with Gasteiger partial charge in [-0.05, 0) is 69.7 Å². The summed E-state index contributed by atoms with van der Waals surface area (Å²) in [7, 11) is 1.47. The molecule has 0 aliphatic heterocycles. The number of carbonyl (C=O) groups is 2. The van der Waals surface area contributed by atoms with Crippen LogP contribution in [0.25, 0.3) is 0 Å². The molecule has 44 heavy (non-hydrogen) atoms. The number of hydrogen-bond donors (Lipinski definition) is 5. The topological polar surface area (TPSA) is 157 Å². The summed E-state index contributed by atoms with van der Waals surface area (Å²) in [5, 5.41) is 10.6. The van der Waals surface area contributed by atoms with E-state index in [0.29, 0.717) is 28.5 Å². The smallest absolute Gasteiger partial charge is 0.491 e. The normalized spacial score (nSPS) is 11.9. The Balaban J connectivity index is 2.05.